The van der Waals surface area contributed by atoms with E-state index in [1.54, 1.807) is 36.2 Å². The minimum absolute atomic E-state index is 0.0163. The molecule has 1 aliphatic carbocycles. The van der Waals surface area contributed by atoms with Crippen molar-refractivity contribution < 1.29 is 13.2 Å². The van der Waals surface area contributed by atoms with Gasteiger partial charge >= 0.3 is 0 Å². The van der Waals surface area contributed by atoms with Crippen LogP contribution in [0.5, 0.6) is 0 Å². The first-order valence-corrected chi connectivity index (χ1v) is 11.0. The SMILES string of the molecule is CN(CC(=O)N1CCC(NCC2CC2)CC1)C1=NS(=O)(=O)c2ccccc21. The summed E-state index contributed by atoms with van der Waals surface area (Å²) in [7, 11) is -1.94. The largest absolute Gasteiger partial charge is 0.349 e. The average molecular weight is 391 g/mol. The van der Waals surface area contributed by atoms with Crippen LogP contribution in [0, 0.1) is 5.92 Å². The van der Waals surface area contributed by atoms with E-state index >= 15 is 0 Å². The van der Waals surface area contributed by atoms with Crippen LogP contribution in [0.1, 0.15) is 31.2 Å². The molecule has 1 saturated heterocycles. The van der Waals surface area contributed by atoms with Gasteiger partial charge in [-0.3, -0.25) is 4.79 Å². The lowest BCUT2D eigenvalue weighted by molar-refractivity contribution is -0.132. The molecule has 2 heterocycles. The first kappa shape index (κ1) is 18.4. The van der Waals surface area contributed by atoms with Crippen LogP contribution in [-0.4, -0.2) is 69.2 Å². The summed E-state index contributed by atoms with van der Waals surface area (Å²) in [5, 5.41) is 3.61. The highest BCUT2D eigenvalue weighted by Crippen LogP contribution is 2.28. The van der Waals surface area contributed by atoms with E-state index in [0.717, 1.165) is 38.4 Å². The molecular formula is C19H26N4O3S. The van der Waals surface area contributed by atoms with E-state index in [-0.39, 0.29) is 17.3 Å². The second kappa shape index (κ2) is 7.24. The fraction of sp³-hybridized carbons (Fsp3) is 0.579. The fourth-order valence-corrected chi connectivity index (χ4v) is 4.98. The van der Waals surface area contributed by atoms with Gasteiger partial charge in [0.15, 0.2) is 5.84 Å². The van der Waals surface area contributed by atoms with Gasteiger partial charge in [0, 0.05) is 31.7 Å². The number of sulfonamides is 1. The van der Waals surface area contributed by atoms with Gasteiger partial charge in [-0.1, -0.05) is 12.1 Å². The van der Waals surface area contributed by atoms with Gasteiger partial charge in [0.2, 0.25) is 5.91 Å². The van der Waals surface area contributed by atoms with Crippen LogP contribution in [0.4, 0.5) is 0 Å². The van der Waals surface area contributed by atoms with Gasteiger partial charge in [-0.05, 0) is 50.3 Å². The Bertz CT molecular complexity index is 855. The molecule has 1 aromatic carbocycles. The smallest absolute Gasteiger partial charge is 0.285 e. The maximum atomic E-state index is 12.7. The number of likely N-dealkylation sites (tertiary alicyclic amines) is 1. The molecule has 146 valence electrons. The second-order valence-corrected chi connectivity index (χ2v) is 9.32. The van der Waals surface area contributed by atoms with Crippen molar-refractivity contribution >= 4 is 21.8 Å². The number of rotatable bonds is 5. The highest BCUT2D eigenvalue weighted by molar-refractivity contribution is 7.90. The van der Waals surface area contributed by atoms with Gasteiger partial charge in [-0.15, -0.1) is 4.40 Å². The lowest BCUT2D eigenvalue weighted by Gasteiger charge is -2.33. The number of amidine groups is 1. The number of fused-ring (bicyclic) bond motifs is 1. The molecule has 0 radical (unpaired) electrons. The number of carbonyl (C=O) groups is 1. The summed E-state index contributed by atoms with van der Waals surface area (Å²) in [5.41, 5.74) is 0.566. The summed E-state index contributed by atoms with van der Waals surface area (Å²) in [6, 6.07) is 7.25. The van der Waals surface area contributed by atoms with Crippen LogP contribution < -0.4 is 5.32 Å². The highest BCUT2D eigenvalue weighted by Gasteiger charge is 2.32. The molecule has 8 heteroatoms. The van der Waals surface area contributed by atoms with E-state index < -0.39 is 10.0 Å². The Morgan fingerprint density at radius 1 is 1.22 bits per heavy atom. The van der Waals surface area contributed by atoms with Crippen molar-refractivity contribution in [3.05, 3.63) is 29.8 Å². The Morgan fingerprint density at radius 2 is 1.93 bits per heavy atom. The number of nitrogens with one attached hydrogen (secondary N) is 1. The zero-order chi connectivity index (χ0) is 19.0. The van der Waals surface area contributed by atoms with Gasteiger partial charge in [-0.2, -0.15) is 8.42 Å². The number of likely N-dealkylation sites (N-methyl/N-ethyl adjacent to an activating group) is 1. The monoisotopic (exact) mass is 390 g/mol. The summed E-state index contributed by atoms with van der Waals surface area (Å²) in [6.45, 7) is 2.73. The number of benzene rings is 1. The molecule has 1 amide bonds. The van der Waals surface area contributed by atoms with Crippen molar-refractivity contribution in [1.29, 1.82) is 0 Å². The van der Waals surface area contributed by atoms with E-state index in [2.05, 4.69) is 9.71 Å². The van der Waals surface area contributed by atoms with Gasteiger partial charge in [0.05, 0.1) is 6.54 Å². The fourth-order valence-electron chi connectivity index (χ4n) is 3.73. The number of nitrogens with zero attached hydrogens (tertiary/aromatic N) is 3. The molecule has 1 saturated carbocycles. The topological polar surface area (TPSA) is 82.1 Å². The molecule has 0 bridgehead atoms. The van der Waals surface area contributed by atoms with Crippen LogP contribution in [0.3, 0.4) is 0 Å². The predicted octanol–water partition coefficient (Wildman–Crippen LogP) is 1.06. The molecule has 0 atom stereocenters. The third kappa shape index (κ3) is 4.01. The minimum atomic E-state index is -3.66. The lowest BCUT2D eigenvalue weighted by atomic mass is 10.0. The lowest BCUT2D eigenvalue weighted by Crippen LogP contribution is -2.48. The van der Waals surface area contributed by atoms with Crippen molar-refractivity contribution in [3.8, 4) is 0 Å². The molecule has 3 aliphatic rings. The Morgan fingerprint density at radius 3 is 2.63 bits per heavy atom. The first-order chi connectivity index (χ1) is 12.9. The molecule has 2 aliphatic heterocycles. The molecule has 0 aromatic heterocycles. The quantitative estimate of drug-likeness (QED) is 0.813. The molecule has 27 heavy (non-hydrogen) atoms. The zero-order valence-electron chi connectivity index (χ0n) is 15.6. The highest BCUT2D eigenvalue weighted by atomic mass is 32.2. The Labute approximate surface area is 160 Å². The van der Waals surface area contributed by atoms with Crippen molar-refractivity contribution in [2.45, 2.75) is 36.6 Å². The summed E-state index contributed by atoms with van der Waals surface area (Å²) in [4.78, 5) is 16.4. The van der Waals surface area contributed by atoms with Gasteiger partial charge in [0.1, 0.15) is 4.90 Å². The van der Waals surface area contributed by atoms with Gasteiger partial charge in [0.25, 0.3) is 10.0 Å². The number of amides is 1. The molecule has 0 unspecified atom stereocenters. The molecule has 0 spiro atoms. The van der Waals surface area contributed by atoms with Crippen molar-refractivity contribution in [2.75, 3.05) is 33.2 Å². The first-order valence-electron chi connectivity index (χ1n) is 9.61. The van der Waals surface area contributed by atoms with E-state index in [0.29, 0.717) is 17.4 Å². The van der Waals surface area contributed by atoms with E-state index in [1.165, 1.54) is 12.8 Å². The Kier molecular flexibility index (Phi) is 4.94. The molecule has 1 aromatic rings. The minimum Gasteiger partial charge on any atom is -0.349 e. The number of hydrogen-bond donors (Lipinski definition) is 1. The number of carbonyl (C=O) groups excluding carboxylic acids is 1. The number of piperidine rings is 1. The van der Waals surface area contributed by atoms with E-state index in [1.807, 2.05) is 4.90 Å². The summed E-state index contributed by atoms with van der Waals surface area (Å²) in [5.74, 6) is 1.23. The maximum Gasteiger partial charge on any atom is 0.285 e. The van der Waals surface area contributed by atoms with E-state index in [4.69, 9.17) is 0 Å². The molecule has 7 nitrogen and oxygen atoms in total. The average Bonchev–Trinajstić information content (AvgIpc) is 3.45. The van der Waals surface area contributed by atoms with Crippen LogP contribution in [0.25, 0.3) is 0 Å². The molecular weight excluding hydrogens is 364 g/mol. The van der Waals surface area contributed by atoms with Crippen LogP contribution in [0.15, 0.2) is 33.6 Å². The summed E-state index contributed by atoms with van der Waals surface area (Å²) in [6.07, 6.45) is 4.64. The Balaban J connectivity index is 1.33. The third-order valence-corrected chi connectivity index (χ3v) is 6.91. The van der Waals surface area contributed by atoms with Crippen LogP contribution >= 0.6 is 0 Å². The maximum absolute atomic E-state index is 12.7. The van der Waals surface area contributed by atoms with Gasteiger partial charge < -0.3 is 15.1 Å². The van der Waals surface area contributed by atoms with Crippen LogP contribution in [-0.2, 0) is 14.8 Å². The summed E-state index contributed by atoms with van der Waals surface area (Å²) < 4.78 is 28.3. The summed E-state index contributed by atoms with van der Waals surface area (Å²) >= 11 is 0. The number of hydrogen-bond acceptors (Lipinski definition) is 5. The predicted molar refractivity (Wildman–Crippen MR) is 103 cm³/mol. The Hall–Kier alpha value is -1.93. The molecule has 1 N–H and O–H groups in total. The third-order valence-electron chi connectivity index (χ3n) is 5.59. The molecule has 4 rings (SSSR count). The van der Waals surface area contributed by atoms with Crippen molar-refractivity contribution in [3.63, 3.8) is 0 Å². The van der Waals surface area contributed by atoms with Gasteiger partial charge in [-0.25, -0.2) is 0 Å². The van der Waals surface area contributed by atoms with Crippen molar-refractivity contribution in [2.24, 2.45) is 10.3 Å². The van der Waals surface area contributed by atoms with Crippen molar-refractivity contribution in [1.82, 2.24) is 15.1 Å². The van der Waals surface area contributed by atoms with Crippen LogP contribution in [0.2, 0.25) is 0 Å². The van der Waals surface area contributed by atoms with E-state index in [9.17, 15) is 13.2 Å². The normalized spacial score (nSPS) is 21.7. The standard InChI is InChI=1S/C19H26N4O3S/c1-22(19-16-4-2-3-5-17(16)27(25,26)21-19)13-18(24)23-10-8-15(9-11-23)20-12-14-6-7-14/h2-5,14-15,20H,6-13H2,1H3. The molecule has 2 fully saturated rings. The second-order valence-electron chi connectivity index (χ2n) is 7.75. The zero-order valence-corrected chi connectivity index (χ0v) is 16.4.